The molecule has 3 aromatic carbocycles. The lowest BCUT2D eigenvalue weighted by Crippen LogP contribution is -2.47. The van der Waals surface area contributed by atoms with Crippen LogP contribution in [0.25, 0.3) is 22.0 Å². The van der Waals surface area contributed by atoms with Gasteiger partial charge in [-0.3, -0.25) is 0 Å². The number of benzene rings is 3. The summed E-state index contributed by atoms with van der Waals surface area (Å²) in [7, 11) is -3.49. The quantitative estimate of drug-likeness (QED) is 0.160. The van der Waals surface area contributed by atoms with Crippen LogP contribution < -0.4 is 10.1 Å². The van der Waals surface area contributed by atoms with Gasteiger partial charge in [-0.05, 0) is 92.9 Å². The smallest absolute Gasteiger partial charge is 0.410 e. The number of aryl methyl sites for hydroxylation is 1. The number of hydrogen-bond donors (Lipinski definition) is 1. The maximum absolute atomic E-state index is 13.3. The summed E-state index contributed by atoms with van der Waals surface area (Å²) in [6.07, 6.45) is 4.69. The Hall–Kier alpha value is -4.74. The number of likely N-dealkylation sites (tertiary alicyclic amines) is 1. The molecule has 12 heteroatoms. The Morgan fingerprint density at radius 3 is 2.54 bits per heavy atom. The molecule has 1 atom stereocenters. The minimum atomic E-state index is -3.49. The highest BCUT2D eigenvalue weighted by Gasteiger charge is 2.28. The Morgan fingerprint density at radius 1 is 0.960 bits per heavy atom. The SMILES string of the molecule is Cc1ccc2c(CS(=O)(=O)Cc3ccc(Cl)cc3)cccc2c1Oc1ncccc1-c1ccnc(N[C@H]2CCCN(C(=O)OC(C)(C)C)C2)n1. The second kappa shape index (κ2) is 14.6. The van der Waals surface area contributed by atoms with Gasteiger partial charge in [0.05, 0.1) is 22.8 Å². The van der Waals surface area contributed by atoms with Crippen molar-refractivity contribution in [1.82, 2.24) is 19.9 Å². The van der Waals surface area contributed by atoms with Gasteiger partial charge in [0.1, 0.15) is 11.4 Å². The van der Waals surface area contributed by atoms with Gasteiger partial charge in [0.15, 0.2) is 9.84 Å². The number of halogens is 1. The van der Waals surface area contributed by atoms with Crippen molar-refractivity contribution in [3.63, 3.8) is 0 Å². The summed E-state index contributed by atoms with van der Waals surface area (Å²) in [4.78, 5) is 28.2. The van der Waals surface area contributed by atoms with Crippen LogP contribution in [0, 0.1) is 6.92 Å². The molecule has 1 aliphatic heterocycles. The van der Waals surface area contributed by atoms with Crippen molar-refractivity contribution in [3.8, 4) is 22.9 Å². The summed E-state index contributed by atoms with van der Waals surface area (Å²) < 4.78 is 38.7. The van der Waals surface area contributed by atoms with Crippen LogP contribution >= 0.6 is 11.6 Å². The van der Waals surface area contributed by atoms with Gasteiger partial charge in [0.25, 0.3) is 0 Å². The lowest BCUT2D eigenvalue weighted by Gasteiger charge is -2.34. The van der Waals surface area contributed by atoms with Crippen LogP contribution in [0.1, 0.15) is 50.3 Å². The highest BCUT2D eigenvalue weighted by molar-refractivity contribution is 7.89. The third kappa shape index (κ3) is 8.70. The van der Waals surface area contributed by atoms with Gasteiger partial charge in [-0.15, -0.1) is 0 Å². The summed E-state index contributed by atoms with van der Waals surface area (Å²) in [6, 6.07) is 21.8. The lowest BCUT2D eigenvalue weighted by atomic mass is 10.0. The Balaban J connectivity index is 1.23. The monoisotopic (exact) mass is 713 g/mol. The van der Waals surface area contributed by atoms with E-state index in [1.807, 2.05) is 70.2 Å². The standard InChI is InChI=1S/C38H40ClN5O5S/c1-25-12-17-30-27(24-50(46,47)23-26-13-15-28(39)16-14-26)8-5-10-31(30)34(25)48-35-32(11-6-19-40-35)33-18-20-41-36(43-33)42-29-9-7-21-44(22-29)37(45)49-38(2,3)4/h5-6,8,10-20,29H,7,9,21-24H2,1-4H3,(H,41,42,43)/t29-/m0/s1. The van der Waals surface area contributed by atoms with E-state index in [-0.39, 0.29) is 23.6 Å². The predicted molar refractivity (Wildman–Crippen MR) is 196 cm³/mol. The molecule has 0 saturated carbocycles. The van der Waals surface area contributed by atoms with Crippen molar-refractivity contribution in [2.75, 3.05) is 18.4 Å². The molecule has 0 spiro atoms. The summed E-state index contributed by atoms with van der Waals surface area (Å²) in [5.74, 6) is 1.14. The van der Waals surface area contributed by atoms with E-state index in [0.717, 1.165) is 29.2 Å². The minimum absolute atomic E-state index is 0.0429. The van der Waals surface area contributed by atoms with Crippen LogP contribution in [0.5, 0.6) is 11.6 Å². The van der Waals surface area contributed by atoms with Gasteiger partial charge in [-0.1, -0.05) is 54.1 Å². The number of nitrogens with zero attached hydrogens (tertiary/aromatic N) is 4. The van der Waals surface area contributed by atoms with E-state index in [0.29, 0.717) is 58.1 Å². The zero-order valence-corrected chi connectivity index (χ0v) is 30.1. The Labute approximate surface area is 297 Å². The van der Waals surface area contributed by atoms with Gasteiger partial charge in [0, 0.05) is 41.9 Å². The van der Waals surface area contributed by atoms with E-state index in [4.69, 9.17) is 26.1 Å². The number of ether oxygens (including phenoxy) is 2. The Bertz CT molecular complexity index is 2120. The second-order valence-corrected chi connectivity index (χ2v) is 16.0. The molecule has 0 unspecified atom stereocenters. The summed E-state index contributed by atoms with van der Waals surface area (Å²) >= 11 is 5.99. The number of piperidine rings is 1. The largest absolute Gasteiger partial charge is 0.444 e. The fraction of sp³-hybridized carbons (Fsp3) is 0.316. The molecule has 1 N–H and O–H groups in total. The number of aromatic nitrogens is 3. The van der Waals surface area contributed by atoms with Crippen molar-refractivity contribution >= 4 is 44.3 Å². The van der Waals surface area contributed by atoms with Crippen LogP contribution in [0.4, 0.5) is 10.7 Å². The number of fused-ring (bicyclic) bond motifs is 1. The molecule has 5 aromatic rings. The number of sulfone groups is 1. The number of anilines is 1. The molecule has 0 radical (unpaired) electrons. The maximum Gasteiger partial charge on any atom is 0.410 e. The van der Waals surface area contributed by atoms with Gasteiger partial charge in [0.2, 0.25) is 11.8 Å². The van der Waals surface area contributed by atoms with Crippen molar-refractivity contribution in [2.24, 2.45) is 0 Å². The number of rotatable bonds is 9. The van der Waals surface area contributed by atoms with Crippen LogP contribution in [0.3, 0.4) is 0 Å². The van der Waals surface area contributed by atoms with Crippen LogP contribution in [0.15, 0.2) is 85.2 Å². The normalized spacial score (nSPS) is 15.1. The van der Waals surface area contributed by atoms with E-state index in [1.165, 1.54) is 0 Å². The molecular formula is C38H40ClN5O5S. The maximum atomic E-state index is 13.3. The zero-order chi connectivity index (χ0) is 35.5. The third-order valence-electron chi connectivity index (χ3n) is 8.28. The molecule has 3 heterocycles. The fourth-order valence-corrected chi connectivity index (χ4v) is 7.65. The van der Waals surface area contributed by atoms with Crippen molar-refractivity contribution in [1.29, 1.82) is 0 Å². The first kappa shape index (κ1) is 35.1. The summed E-state index contributed by atoms with van der Waals surface area (Å²) in [6.45, 7) is 8.64. The number of nitrogens with one attached hydrogen (secondary N) is 1. The molecule has 2 aromatic heterocycles. The molecule has 1 aliphatic rings. The van der Waals surface area contributed by atoms with E-state index < -0.39 is 15.4 Å². The topological polar surface area (TPSA) is 124 Å². The predicted octanol–water partition coefficient (Wildman–Crippen LogP) is 8.37. The van der Waals surface area contributed by atoms with E-state index in [1.54, 1.807) is 47.6 Å². The van der Waals surface area contributed by atoms with E-state index in [9.17, 15) is 13.2 Å². The number of pyridine rings is 1. The average Bonchev–Trinajstić information content (AvgIpc) is 3.07. The highest BCUT2D eigenvalue weighted by Crippen LogP contribution is 2.38. The van der Waals surface area contributed by atoms with E-state index in [2.05, 4.69) is 15.3 Å². The summed E-state index contributed by atoms with van der Waals surface area (Å²) in [5.41, 5.74) is 2.94. The van der Waals surface area contributed by atoms with E-state index >= 15 is 0 Å². The molecular weight excluding hydrogens is 674 g/mol. The Morgan fingerprint density at radius 2 is 1.76 bits per heavy atom. The Kier molecular flexibility index (Phi) is 10.3. The zero-order valence-electron chi connectivity index (χ0n) is 28.5. The molecule has 0 bridgehead atoms. The van der Waals surface area contributed by atoms with Gasteiger partial charge >= 0.3 is 6.09 Å². The number of carbonyl (C=O) groups excluding carboxylic acids is 1. The van der Waals surface area contributed by atoms with Crippen molar-refractivity contribution in [2.45, 2.75) is 63.7 Å². The molecule has 0 aliphatic carbocycles. The average molecular weight is 714 g/mol. The first-order valence-corrected chi connectivity index (χ1v) is 18.7. The van der Waals surface area contributed by atoms with Crippen LogP contribution in [0.2, 0.25) is 5.02 Å². The molecule has 260 valence electrons. The van der Waals surface area contributed by atoms with Crippen LogP contribution in [-0.2, 0) is 26.1 Å². The van der Waals surface area contributed by atoms with Gasteiger partial charge in [-0.2, -0.15) is 0 Å². The lowest BCUT2D eigenvalue weighted by molar-refractivity contribution is 0.0206. The van der Waals surface area contributed by atoms with Gasteiger partial charge in [-0.25, -0.2) is 28.2 Å². The molecule has 10 nitrogen and oxygen atoms in total. The highest BCUT2D eigenvalue weighted by atomic mass is 35.5. The third-order valence-corrected chi connectivity index (χ3v) is 10.1. The van der Waals surface area contributed by atoms with Gasteiger partial charge < -0.3 is 19.7 Å². The molecule has 1 fully saturated rings. The first-order valence-electron chi connectivity index (χ1n) is 16.5. The molecule has 6 rings (SSSR count). The molecule has 50 heavy (non-hydrogen) atoms. The molecule has 1 saturated heterocycles. The second-order valence-electron chi connectivity index (χ2n) is 13.5. The first-order chi connectivity index (χ1) is 23.8. The van der Waals surface area contributed by atoms with Crippen molar-refractivity contribution < 1.29 is 22.7 Å². The van der Waals surface area contributed by atoms with Crippen LogP contribution in [-0.4, -0.2) is 59.1 Å². The fourth-order valence-electron chi connectivity index (χ4n) is 6.00. The number of hydrogen-bond acceptors (Lipinski definition) is 9. The summed E-state index contributed by atoms with van der Waals surface area (Å²) in [5, 5.41) is 5.51. The minimum Gasteiger partial charge on any atom is -0.444 e. The molecule has 1 amide bonds. The number of amides is 1. The van der Waals surface area contributed by atoms with Crippen molar-refractivity contribution in [3.05, 3.63) is 107 Å². The number of carbonyl (C=O) groups is 1.